The van der Waals surface area contributed by atoms with Crippen LogP contribution in [0.25, 0.3) is 10.2 Å². The van der Waals surface area contributed by atoms with Crippen molar-refractivity contribution in [3.05, 3.63) is 36.5 Å². The van der Waals surface area contributed by atoms with Gasteiger partial charge in [0.05, 0.1) is 10.2 Å². The summed E-state index contributed by atoms with van der Waals surface area (Å²) in [7, 11) is 1.84. The fourth-order valence-corrected chi connectivity index (χ4v) is 4.32. The van der Waals surface area contributed by atoms with Crippen LogP contribution in [0.4, 0.5) is 10.9 Å². The maximum absolute atomic E-state index is 5.97. The van der Waals surface area contributed by atoms with Gasteiger partial charge in [-0.2, -0.15) is 0 Å². The van der Waals surface area contributed by atoms with Crippen molar-refractivity contribution in [2.45, 2.75) is 32.1 Å². The molecule has 3 aromatic rings. The SMILES string of the molecule is CNc1cc(Oc2ccc3nc(NCC4CCCCC4)sc3c2)ccn1. The second kappa shape index (κ2) is 7.91. The van der Waals surface area contributed by atoms with E-state index in [4.69, 9.17) is 9.72 Å². The minimum Gasteiger partial charge on any atom is -0.457 e. The van der Waals surface area contributed by atoms with Gasteiger partial charge in [-0.25, -0.2) is 9.97 Å². The molecule has 1 fully saturated rings. The topological polar surface area (TPSA) is 59.1 Å². The molecule has 0 saturated heterocycles. The largest absolute Gasteiger partial charge is 0.457 e. The number of aromatic nitrogens is 2. The van der Waals surface area contributed by atoms with Gasteiger partial charge in [-0.05, 0) is 37.0 Å². The first-order chi connectivity index (χ1) is 12.8. The van der Waals surface area contributed by atoms with Crippen molar-refractivity contribution in [3.8, 4) is 11.5 Å². The monoisotopic (exact) mass is 368 g/mol. The van der Waals surface area contributed by atoms with Crippen LogP contribution in [0.15, 0.2) is 36.5 Å². The normalized spacial score (nSPS) is 15.1. The molecule has 26 heavy (non-hydrogen) atoms. The number of nitrogens with zero attached hydrogens (tertiary/aromatic N) is 2. The van der Waals surface area contributed by atoms with Crippen molar-refractivity contribution >= 4 is 32.5 Å². The number of rotatable bonds is 6. The lowest BCUT2D eigenvalue weighted by molar-refractivity contribution is 0.373. The summed E-state index contributed by atoms with van der Waals surface area (Å²) in [4.78, 5) is 8.91. The molecule has 2 N–H and O–H groups in total. The van der Waals surface area contributed by atoms with Crippen LogP contribution in [-0.4, -0.2) is 23.6 Å². The summed E-state index contributed by atoms with van der Waals surface area (Å²) >= 11 is 1.69. The van der Waals surface area contributed by atoms with E-state index in [1.54, 1.807) is 17.5 Å². The molecule has 1 aliphatic rings. The highest BCUT2D eigenvalue weighted by atomic mass is 32.1. The van der Waals surface area contributed by atoms with Crippen molar-refractivity contribution in [3.63, 3.8) is 0 Å². The van der Waals surface area contributed by atoms with E-state index in [9.17, 15) is 0 Å². The summed E-state index contributed by atoms with van der Waals surface area (Å²) in [6.07, 6.45) is 8.56. The summed E-state index contributed by atoms with van der Waals surface area (Å²) in [5, 5.41) is 7.56. The predicted molar refractivity (Wildman–Crippen MR) is 109 cm³/mol. The molecule has 1 aliphatic carbocycles. The Labute approximate surface area is 157 Å². The maximum Gasteiger partial charge on any atom is 0.183 e. The Balaban J connectivity index is 1.44. The van der Waals surface area contributed by atoms with E-state index in [0.717, 1.165) is 45.1 Å². The molecule has 0 bridgehead atoms. The van der Waals surface area contributed by atoms with Gasteiger partial charge in [-0.3, -0.25) is 0 Å². The molecule has 0 radical (unpaired) electrons. The fraction of sp³-hybridized carbons (Fsp3) is 0.400. The number of hydrogen-bond donors (Lipinski definition) is 2. The quantitative estimate of drug-likeness (QED) is 0.600. The van der Waals surface area contributed by atoms with Gasteiger partial charge in [0.2, 0.25) is 0 Å². The number of thiazole rings is 1. The fourth-order valence-electron chi connectivity index (χ4n) is 3.41. The zero-order valence-corrected chi connectivity index (χ0v) is 15.8. The molecule has 0 atom stereocenters. The summed E-state index contributed by atoms with van der Waals surface area (Å²) in [6, 6.07) is 9.78. The number of fused-ring (bicyclic) bond motifs is 1. The van der Waals surface area contributed by atoms with Gasteiger partial charge < -0.3 is 15.4 Å². The molecule has 136 valence electrons. The van der Waals surface area contributed by atoms with Gasteiger partial charge >= 0.3 is 0 Å². The van der Waals surface area contributed by atoms with Crippen molar-refractivity contribution in [2.75, 3.05) is 24.2 Å². The van der Waals surface area contributed by atoms with Crippen LogP contribution in [-0.2, 0) is 0 Å². The smallest absolute Gasteiger partial charge is 0.183 e. The van der Waals surface area contributed by atoms with E-state index in [-0.39, 0.29) is 0 Å². The van der Waals surface area contributed by atoms with Crippen molar-refractivity contribution < 1.29 is 4.74 Å². The number of ether oxygens (including phenoxy) is 1. The van der Waals surface area contributed by atoms with Gasteiger partial charge in [-0.15, -0.1) is 0 Å². The van der Waals surface area contributed by atoms with E-state index in [2.05, 4.69) is 21.7 Å². The van der Waals surface area contributed by atoms with E-state index in [0.29, 0.717) is 0 Å². The molecular formula is C20H24N4OS. The predicted octanol–water partition coefficient (Wildman–Crippen LogP) is 5.52. The lowest BCUT2D eigenvalue weighted by atomic mass is 9.89. The Morgan fingerprint density at radius 1 is 1.12 bits per heavy atom. The molecule has 0 aliphatic heterocycles. The molecular weight excluding hydrogens is 344 g/mol. The third kappa shape index (κ3) is 4.07. The number of anilines is 2. The summed E-state index contributed by atoms with van der Waals surface area (Å²) < 4.78 is 7.11. The van der Waals surface area contributed by atoms with Crippen molar-refractivity contribution in [2.24, 2.45) is 5.92 Å². The minimum atomic E-state index is 0.767. The molecule has 0 amide bonds. The summed E-state index contributed by atoms with van der Waals surface area (Å²) in [5.41, 5.74) is 1.01. The van der Waals surface area contributed by atoms with Gasteiger partial charge in [0.25, 0.3) is 0 Å². The first-order valence-corrected chi connectivity index (χ1v) is 10.1. The third-order valence-electron chi connectivity index (χ3n) is 4.85. The van der Waals surface area contributed by atoms with Gasteiger partial charge in [-0.1, -0.05) is 30.6 Å². The molecule has 2 heterocycles. The molecule has 1 saturated carbocycles. The molecule has 0 unspecified atom stereocenters. The average Bonchev–Trinajstić information content (AvgIpc) is 3.09. The van der Waals surface area contributed by atoms with E-state index >= 15 is 0 Å². The highest BCUT2D eigenvalue weighted by Gasteiger charge is 2.14. The molecule has 4 rings (SSSR count). The molecule has 0 spiro atoms. The summed E-state index contributed by atoms with van der Waals surface area (Å²) in [5.74, 6) is 3.16. The Bertz CT molecular complexity index is 873. The Hall–Kier alpha value is -2.34. The lowest BCUT2D eigenvalue weighted by Gasteiger charge is -2.21. The number of pyridine rings is 1. The van der Waals surface area contributed by atoms with Crippen molar-refractivity contribution in [1.82, 2.24) is 9.97 Å². The van der Waals surface area contributed by atoms with Gasteiger partial charge in [0, 0.05) is 31.9 Å². The highest BCUT2D eigenvalue weighted by Crippen LogP contribution is 2.32. The second-order valence-electron chi connectivity index (χ2n) is 6.76. The minimum absolute atomic E-state index is 0.767. The Morgan fingerprint density at radius 2 is 1.96 bits per heavy atom. The van der Waals surface area contributed by atoms with Crippen LogP contribution in [0.5, 0.6) is 11.5 Å². The van der Waals surface area contributed by atoms with Crippen LogP contribution in [0, 0.1) is 5.92 Å². The highest BCUT2D eigenvalue weighted by molar-refractivity contribution is 7.22. The van der Waals surface area contributed by atoms with E-state index in [1.807, 2.05) is 31.3 Å². The molecule has 2 aromatic heterocycles. The van der Waals surface area contributed by atoms with Crippen LogP contribution in [0.1, 0.15) is 32.1 Å². The van der Waals surface area contributed by atoms with Gasteiger partial charge in [0.1, 0.15) is 17.3 Å². The van der Waals surface area contributed by atoms with Gasteiger partial charge in [0.15, 0.2) is 5.13 Å². The first-order valence-electron chi connectivity index (χ1n) is 9.26. The lowest BCUT2D eigenvalue weighted by Crippen LogP contribution is -2.16. The van der Waals surface area contributed by atoms with Crippen LogP contribution in [0.2, 0.25) is 0 Å². The number of nitrogens with one attached hydrogen (secondary N) is 2. The Kier molecular flexibility index (Phi) is 5.20. The maximum atomic E-state index is 5.97. The molecule has 5 nitrogen and oxygen atoms in total. The second-order valence-corrected chi connectivity index (χ2v) is 7.79. The number of benzene rings is 1. The summed E-state index contributed by atoms with van der Waals surface area (Å²) in [6.45, 7) is 1.03. The van der Waals surface area contributed by atoms with E-state index in [1.165, 1.54) is 32.1 Å². The van der Waals surface area contributed by atoms with Crippen LogP contribution in [0.3, 0.4) is 0 Å². The van der Waals surface area contributed by atoms with Crippen LogP contribution < -0.4 is 15.4 Å². The zero-order chi connectivity index (χ0) is 17.8. The first kappa shape index (κ1) is 17.1. The standard InChI is InChI=1S/C20H24N4OS/c1-21-19-12-16(9-10-22-19)25-15-7-8-17-18(11-15)26-20(24-17)23-13-14-5-3-2-4-6-14/h7-12,14H,2-6,13H2,1H3,(H,21,22)(H,23,24). The van der Waals surface area contributed by atoms with E-state index < -0.39 is 0 Å². The average molecular weight is 369 g/mol. The Morgan fingerprint density at radius 3 is 2.81 bits per heavy atom. The molecule has 1 aromatic carbocycles. The zero-order valence-electron chi connectivity index (χ0n) is 15.0. The van der Waals surface area contributed by atoms with Crippen molar-refractivity contribution in [1.29, 1.82) is 0 Å². The third-order valence-corrected chi connectivity index (χ3v) is 5.83. The molecule has 6 heteroatoms. The van der Waals surface area contributed by atoms with Crippen LogP contribution >= 0.6 is 11.3 Å². The number of hydrogen-bond acceptors (Lipinski definition) is 6.